The van der Waals surface area contributed by atoms with Crippen LogP contribution in [0.25, 0.3) is 0 Å². The maximum absolute atomic E-state index is 3.39. The Labute approximate surface area is 116 Å². The smallest absolute Gasteiger partial charge is 0.0340 e. The lowest BCUT2D eigenvalue weighted by molar-refractivity contribution is 0.443. The summed E-state index contributed by atoms with van der Waals surface area (Å²) < 4.78 is 0. The van der Waals surface area contributed by atoms with Crippen molar-refractivity contribution in [1.29, 1.82) is 0 Å². The van der Waals surface area contributed by atoms with E-state index in [1.807, 2.05) is 7.05 Å². The fraction of sp³-hybridized carbons (Fsp3) is 0.333. The summed E-state index contributed by atoms with van der Waals surface area (Å²) in [6.07, 6.45) is 1.01. The Morgan fingerprint density at radius 2 is 1.42 bits per heavy atom. The molecule has 0 amide bonds. The third-order valence-corrected chi connectivity index (χ3v) is 3.57. The Morgan fingerprint density at radius 3 is 1.95 bits per heavy atom. The lowest BCUT2D eigenvalue weighted by Crippen LogP contribution is -2.21. The van der Waals surface area contributed by atoms with Crippen LogP contribution in [-0.2, 0) is 6.42 Å². The minimum Gasteiger partial charge on any atom is -0.313 e. The molecule has 0 heterocycles. The third-order valence-electron chi connectivity index (χ3n) is 3.57. The Hall–Kier alpha value is -1.60. The summed E-state index contributed by atoms with van der Waals surface area (Å²) in [6, 6.07) is 20.0. The Morgan fingerprint density at radius 1 is 0.842 bits per heavy atom. The highest BCUT2D eigenvalue weighted by atomic mass is 14.9. The van der Waals surface area contributed by atoms with Gasteiger partial charge in [0.2, 0.25) is 0 Å². The molecule has 0 radical (unpaired) electrons. The van der Waals surface area contributed by atoms with Crippen molar-refractivity contribution in [3.05, 3.63) is 71.3 Å². The Kier molecular flexibility index (Phi) is 4.75. The molecule has 2 rings (SSSR count). The summed E-state index contributed by atoms with van der Waals surface area (Å²) in [7, 11) is 2.03. The van der Waals surface area contributed by atoms with Crippen LogP contribution in [0.15, 0.2) is 54.6 Å². The average molecular weight is 253 g/mol. The number of hydrogen-bond donors (Lipinski definition) is 1. The van der Waals surface area contributed by atoms with Gasteiger partial charge in [-0.25, -0.2) is 0 Å². The topological polar surface area (TPSA) is 12.0 Å². The maximum atomic E-state index is 3.39. The van der Waals surface area contributed by atoms with Gasteiger partial charge in [-0.3, -0.25) is 0 Å². The zero-order chi connectivity index (χ0) is 13.7. The van der Waals surface area contributed by atoms with E-state index in [1.165, 1.54) is 16.7 Å². The van der Waals surface area contributed by atoms with Gasteiger partial charge in [0.25, 0.3) is 0 Å². The van der Waals surface area contributed by atoms with E-state index in [0.717, 1.165) is 6.42 Å². The lowest BCUT2D eigenvalue weighted by atomic mass is 9.94. The van der Waals surface area contributed by atoms with Crippen LogP contribution in [0, 0.1) is 5.92 Å². The van der Waals surface area contributed by atoms with Gasteiger partial charge in [-0.05, 0) is 36.1 Å². The second-order valence-corrected chi connectivity index (χ2v) is 5.41. The molecule has 1 nitrogen and oxygen atoms in total. The molecular weight excluding hydrogens is 230 g/mol. The van der Waals surface area contributed by atoms with Crippen molar-refractivity contribution in [2.75, 3.05) is 7.05 Å². The number of hydrogen-bond acceptors (Lipinski definition) is 1. The van der Waals surface area contributed by atoms with Gasteiger partial charge in [0, 0.05) is 6.04 Å². The van der Waals surface area contributed by atoms with Crippen molar-refractivity contribution in [2.24, 2.45) is 5.92 Å². The van der Waals surface area contributed by atoms with E-state index in [4.69, 9.17) is 0 Å². The first kappa shape index (κ1) is 13.8. The predicted molar refractivity (Wildman–Crippen MR) is 82.3 cm³/mol. The molecule has 0 bridgehead atoms. The van der Waals surface area contributed by atoms with Gasteiger partial charge >= 0.3 is 0 Å². The summed E-state index contributed by atoms with van der Waals surface area (Å²) in [6.45, 7) is 4.50. The molecule has 0 aromatic heterocycles. The van der Waals surface area contributed by atoms with Gasteiger partial charge in [-0.15, -0.1) is 0 Å². The fourth-order valence-corrected chi connectivity index (χ4v) is 2.56. The summed E-state index contributed by atoms with van der Waals surface area (Å²) in [5, 5.41) is 3.39. The normalized spacial score (nSPS) is 12.6. The van der Waals surface area contributed by atoms with Crippen LogP contribution in [0.3, 0.4) is 0 Å². The standard InChI is InChI=1S/C18H23N/c1-14(2)18(19-3)17-11-9-16(10-12-17)13-15-7-5-4-6-8-15/h4-12,14,18-19H,13H2,1-3H3. The van der Waals surface area contributed by atoms with Crippen molar-refractivity contribution in [1.82, 2.24) is 5.32 Å². The lowest BCUT2D eigenvalue weighted by Gasteiger charge is -2.20. The quantitative estimate of drug-likeness (QED) is 0.842. The second kappa shape index (κ2) is 6.53. The van der Waals surface area contributed by atoms with Gasteiger partial charge in [-0.1, -0.05) is 68.4 Å². The molecule has 0 aliphatic heterocycles. The van der Waals surface area contributed by atoms with Gasteiger partial charge < -0.3 is 5.32 Å². The molecule has 1 unspecified atom stereocenters. The van der Waals surface area contributed by atoms with Crippen LogP contribution in [0.2, 0.25) is 0 Å². The molecular formula is C18H23N. The van der Waals surface area contributed by atoms with E-state index in [2.05, 4.69) is 73.8 Å². The molecule has 0 saturated carbocycles. The Bertz CT molecular complexity index is 485. The summed E-state index contributed by atoms with van der Waals surface area (Å²) >= 11 is 0. The van der Waals surface area contributed by atoms with Crippen LogP contribution in [-0.4, -0.2) is 7.05 Å². The third kappa shape index (κ3) is 3.68. The van der Waals surface area contributed by atoms with Crippen molar-refractivity contribution in [3.8, 4) is 0 Å². The minimum absolute atomic E-state index is 0.436. The monoisotopic (exact) mass is 253 g/mol. The minimum atomic E-state index is 0.436. The zero-order valence-corrected chi connectivity index (χ0v) is 12.1. The van der Waals surface area contributed by atoms with E-state index in [1.54, 1.807) is 0 Å². The number of benzene rings is 2. The highest BCUT2D eigenvalue weighted by molar-refractivity contribution is 5.30. The van der Waals surface area contributed by atoms with Crippen LogP contribution in [0.5, 0.6) is 0 Å². The molecule has 0 aliphatic carbocycles. The average Bonchev–Trinajstić information content (AvgIpc) is 2.42. The van der Waals surface area contributed by atoms with Crippen LogP contribution < -0.4 is 5.32 Å². The first-order valence-electron chi connectivity index (χ1n) is 7.00. The van der Waals surface area contributed by atoms with Crippen LogP contribution >= 0.6 is 0 Å². The molecule has 19 heavy (non-hydrogen) atoms. The van der Waals surface area contributed by atoms with Crippen LogP contribution in [0.4, 0.5) is 0 Å². The molecule has 1 atom stereocenters. The molecule has 0 saturated heterocycles. The number of nitrogens with one attached hydrogen (secondary N) is 1. The van der Waals surface area contributed by atoms with Gasteiger partial charge in [-0.2, -0.15) is 0 Å². The van der Waals surface area contributed by atoms with Gasteiger partial charge in [0.05, 0.1) is 0 Å². The molecule has 100 valence electrons. The maximum Gasteiger partial charge on any atom is 0.0340 e. The van der Waals surface area contributed by atoms with Gasteiger partial charge in [0.1, 0.15) is 0 Å². The van der Waals surface area contributed by atoms with E-state index in [-0.39, 0.29) is 0 Å². The van der Waals surface area contributed by atoms with E-state index in [9.17, 15) is 0 Å². The van der Waals surface area contributed by atoms with Crippen molar-refractivity contribution in [2.45, 2.75) is 26.3 Å². The second-order valence-electron chi connectivity index (χ2n) is 5.41. The molecule has 0 spiro atoms. The molecule has 2 aromatic carbocycles. The first-order valence-corrected chi connectivity index (χ1v) is 7.00. The first-order chi connectivity index (χ1) is 9.20. The molecule has 1 heteroatoms. The SMILES string of the molecule is CNC(c1ccc(Cc2ccccc2)cc1)C(C)C. The van der Waals surface area contributed by atoms with Crippen molar-refractivity contribution < 1.29 is 0 Å². The molecule has 1 N–H and O–H groups in total. The summed E-state index contributed by atoms with van der Waals surface area (Å²) in [4.78, 5) is 0. The van der Waals surface area contributed by atoms with Gasteiger partial charge in [0.15, 0.2) is 0 Å². The van der Waals surface area contributed by atoms with Crippen LogP contribution in [0.1, 0.15) is 36.6 Å². The molecule has 0 fully saturated rings. The number of rotatable bonds is 5. The summed E-state index contributed by atoms with van der Waals surface area (Å²) in [5.74, 6) is 0.602. The predicted octanol–water partition coefficient (Wildman–Crippen LogP) is 4.19. The van der Waals surface area contributed by atoms with Crippen molar-refractivity contribution >= 4 is 0 Å². The highest BCUT2D eigenvalue weighted by Crippen LogP contribution is 2.22. The Balaban J connectivity index is 2.10. The molecule has 0 aliphatic rings. The molecule has 2 aromatic rings. The fourth-order valence-electron chi connectivity index (χ4n) is 2.56. The van der Waals surface area contributed by atoms with Crippen molar-refractivity contribution in [3.63, 3.8) is 0 Å². The van der Waals surface area contributed by atoms with E-state index < -0.39 is 0 Å². The largest absolute Gasteiger partial charge is 0.313 e. The van der Waals surface area contributed by atoms with E-state index in [0.29, 0.717) is 12.0 Å². The highest BCUT2D eigenvalue weighted by Gasteiger charge is 2.12. The zero-order valence-electron chi connectivity index (χ0n) is 12.1. The summed E-state index contributed by atoms with van der Waals surface area (Å²) in [5.41, 5.74) is 4.10. The van der Waals surface area contributed by atoms with E-state index >= 15 is 0 Å².